The predicted molar refractivity (Wildman–Crippen MR) is 92.6 cm³/mol. The Morgan fingerprint density at radius 1 is 1.32 bits per heavy atom. The Bertz CT molecular complexity index is 694. The lowest BCUT2D eigenvalue weighted by Gasteiger charge is -2.40. The van der Waals surface area contributed by atoms with Gasteiger partial charge in [0.1, 0.15) is 23.1 Å². The van der Waals surface area contributed by atoms with Gasteiger partial charge in [-0.2, -0.15) is 5.26 Å². The van der Waals surface area contributed by atoms with Crippen molar-refractivity contribution in [3.05, 3.63) is 29.6 Å². The van der Waals surface area contributed by atoms with E-state index in [1.54, 1.807) is 12.1 Å². The summed E-state index contributed by atoms with van der Waals surface area (Å²) in [6, 6.07) is 6.91. The van der Waals surface area contributed by atoms with Crippen LogP contribution in [0.4, 0.5) is 14.9 Å². The monoisotopic (exact) mass is 345 g/mol. The molecule has 0 aliphatic carbocycles. The molecule has 1 aromatic rings. The summed E-state index contributed by atoms with van der Waals surface area (Å²) in [5.41, 5.74) is 0.0663. The van der Waals surface area contributed by atoms with Crippen LogP contribution in [0.25, 0.3) is 0 Å². The van der Waals surface area contributed by atoms with E-state index in [1.165, 1.54) is 6.07 Å². The van der Waals surface area contributed by atoms with Gasteiger partial charge in [0.05, 0.1) is 5.69 Å². The molecular weight excluding hydrogens is 321 g/mol. The molecule has 0 aromatic heterocycles. The maximum Gasteiger partial charge on any atom is 0.410 e. The minimum absolute atomic E-state index is 0.0458. The number of hydrogen-bond acceptors (Lipinski definition) is 4. The Hall–Kier alpha value is -2.29. The zero-order valence-corrected chi connectivity index (χ0v) is 14.9. The molecule has 2 fully saturated rings. The highest BCUT2D eigenvalue weighted by molar-refractivity contribution is 5.70. The summed E-state index contributed by atoms with van der Waals surface area (Å²) >= 11 is 0. The number of carbonyl (C=O) groups is 1. The number of nitriles is 1. The number of piperidine rings is 1. The average Bonchev–Trinajstić information content (AvgIpc) is 2.78. The van der Waals surface area contributed by atoms with Gasteiger partial charge in [-0.25, -0.2) is 9.18 Å². The second-order valence-corrected chi connectivity index (χ2v) is 7.86. The van der Waals surface area contributed by atoms with E-state index in [9.17, 15) is 9.18 Å². The minimum atomic E-state index is -0.512. The number of amides is 1. The maximum atomic E-state index is 13.8. The van der Waals surface area contributed by atoms with Crippen molar-refractivity contribution in [3.8, 4) is 6.07 Å². The van der Waals surface area contributed by atoms with Gasteiger partial charge in [0.2, 0.25) is 0 Å². The van der Waals surface area contributed by atoms with Crippen LogP contribution in [0.2, 0.25) is 0 Å². The molecule has 3 rings (SSSR count). The van der Waals surface area contributed by atoms with Crippen LogP contribution in [-0.4, -0.2) is 34.7 Å². The molecule has 5 nitrogen and oxygen atoms in total. The number of ether oxygens (including phenoxy) is 1. The first-order valence-electron chi connectivity index (χ1n) is 8.75. The Kier molecular flexibility index (Phi) is 4.59. The Morgan fingerprint density at radius 3 is 2.52 bits per heavy atom. The zero-order valence-electron chi connectivity index (χ0n) is 14.9. The Labute approximate surface area is 147 Å². The molecular formula is C19H24FN3O2. The van der Waals surface area contributed by atoms with Crippen LogP contribution >= 0.6 is 0 Å². The lowest BCUT2D eigenvalue weighted by molar-refractivity contribution is 0.00683. The van der Waals surface area contributed by atoms with Crippen molar-refractivity contribution in [3.63, 3.8) is 0 Å². The molecule has 25 heavy (non-hydrogen) atoms. The van der Waals surface area contributed by atoms with Crippen molar-refractivity contribution in [2.24, 2.45) is 0 Å². The van der Waals surface area contributed by atoms with Gasteiger partial charge < -0.3 is 15.0 Å². The van der Waals surface area contributed by atoms with Crippen LogP contribution in [0, 0.1) is 17.1 Å². The number of nitrogens with zero attached hydrogens (tertiary/aromatic N) is 2. The standard InChI is InChI=1S/C19H24FN3O2/c1-19(2,3)25-18(24)23-13-7-8-14(23)10-12(9-13)22-17-6-4-5-16(20)15(17)11-21/h4-6,12-14,22H,7-10H2,1-3H3. The number of benzene rings is 1. The van der Waals surface area contributed by atoms with Gasteiger partial charge in [-0.1, -0.05) is 6.07 Å². The SMILES string of the molecule is CC(C)(C)OC(=O)N1C2CCC1CC(Nc1cccc(F)c1C#N)C2. The maximum absolute atomic E-state index is 13.8. The molecule has 6 heteroatoms. The topological polar surface area (TPSA) is 65.4 Å². The van der Waals surface area contributed by atoms with Crippen LogP contribution in [-0.2, 0) is 4.74 Å². The van der Waals surface area contributed by atoms with Crippen molar-refractivity contribution in [2.75, 3.05) is 5.32 Å². The average molecular weight is 345 g/mol. The zero-order chi connectivity index (χ0) is 18.2. The lowest BCUT2D eigenvalue weighted by atomic mass is 9.97. The first kappa shape index (κ1) is 17.5. The highest BCUT2D eigenvalue weighted by atomic mass is 19.1. The fourth-order valence-corrected chi connectivity index (χ4v) is 3.89. The van der Waals surface area contributed by atoms with E-state index in [0.29, 0.717) is 5.69 Å². The summed E-state index contributed by atoms with van der Waals surface area (Å²) in [4.78, 5) is 14.4. The van der Waals surface area contributed by atoms with Crippen LogP contribution < -0.4 is 5.32 Å². The fraction of sp³-hybridized carbons (Fsp3) is 0.579. The molecule has 2 atom stereocenters. The van der Waals surface area contributed by atoms with Crippen molar-refractivity contribution < 1.29 is 13.9 Å². The normalized spacial score (nSPS) is 25.4. The highest BCUT2D eigenvalue weighted by Crippen LogP contribution is 2.38. The van der Waals surface area contributed by atoms with Crippen LogP contribution in [0.3, 0.4) is 0 Å². The molecule has 0 saturated carbocycles. The third-order valence-corrected chi connectivity index (χ3v) is 4.82. The van der Waals surface area contributed by atoms with E-state index in [2.05, 4.69) is 5.32 Å². The summed E-state index contributed by atoms with van der Waals surface area (Å²) in [6.07, 6.45) is 3.21. The smallest absolute Gasteiger partial charge is 0.410 e. The number of nitrogens with one attached hydrogen (secondary N) is 1. The molecule has 2 bridgehead atoms. The van der Waals surface area contributed by atoms with Crippen LogP contribution in [0.1, 0.15) is 52.0 Å². The van der Waals surface area contributed by atoms with Crippen molar-refractivity contribution >= 4 is 11.8 Å². The van der Waals surface area contributed by atoms with Gasteiger partial charge in [0.15, 0.2) is 0 Å². The molecule has 2 heterocycles. The first-order valence-corrected chi connectivity index (χ1v) is 8.75. The molecule has 134 valence electrons. The van der Waals surface area contributed by atoms with Gasteiger partial charge in [-0.05, 0) is 58.6 Å². The molecule has 0 spiro atoms. The first-order chi connectivity index (χ1) is 11.8. The van der Waals surface area contributed by atoms with Gasteiger partial charge >= 0.3 is 6.09 Å². The van der Waals surface area contributed by atoms with Gasteiger partial charge in [0, 0.05) is 18.1 Å². The van der Waals surface area contributed by atoms with Crippen molar-refractivity contribution in [1.82, 2.24) is 4.90 Å². The van der Waals surface area contributed by atoms with E-state index in [1.807, 2.05) is 31.7 Å². The number of hydrogen-bond donors (Lipinski definition) is 1. The summed E-state index contributed by atoms with van der Waals surface area (Å²) < 4.78 is 19.3. The second kappa shape index (κ2) is 6.55. The summed E-state index contributed by atoms with van der Waals surface area (Å²) in [6.45, 7) is 5.61. The fourth-order valence-electron chi connectivity index (χ4n) is 3.89. The molecule has 1 N–H and O–H groups in total. The molecule has 2 aliphatic rings. The van der Waals surface area contributed by atoms with Gasteiger partial charge in [-0.3, -0.25) is 0 Å². The summed E-state index contributed by atoms with van der Waals surface area (Å²) in [5.74, 6) is -0.512. The number of rotatable bonds is 2. The van der Waals surface area contributed by atoms with E-state index in [0.717, 1.165) is 25.7 Å². The van der Waals surface area contributed by atoms with E-state index in [-0.39, 0.29) is 29.8 Å². The van der Waals surface area contributed by atoms with Gasteiger partial charge in [-0.15, -0.1) is 0 Å². The summed E-state index contributed by atoms with van der Waals surface area (Å²) in [7, 11) is 0. The van der Waals surface area contributed by atoms with Crippen molar-refractivity contribution in [1.29, 1.82) is 5.26 Å². The minimum Gasteiger partial charge on any atom is -0.444 e. The third-order valence-electron chi connectivity index (χ3n) is 4.82. The molecule has 2 aliphatic heterocycles. The second-order valence-electron chi connectivity index (χ2n) is 7.86. The largest absolute Gasteiger partial charge is 0.444 e. The Morgan fingerprint density at radius 2 is 1.96 bits per heavy atom. The Balaban J connectivity index is 1.70. The van der Waals surface area contributed by atoms with E-state index < -0.39 is 11.4 Å². The van der Waals surface area contributed by atoms with Gasteiger partial charge in [0.25, 0.3) is 0 Å². The quantitative estimate of drug-likeness (QED) is 0.878. The number of halogens is 1. The van der Waals surface area contributed by atoms with Crippen LogP contribution in [0.15, 0.2) is 18.2 Å². The summed E-state index contributed by atoms with van der Waals surface area (Å²) in [5, 5.41) is 12.5. The van der Waals surface area contributed by atoms with E-state index >= 15 is 0 Å². The van der Waals surface area contributed by atoms with Crippen molar-refractivity contribution in [2.45, 2.75) is 70.2 Å². The lowest BCUT2D eigenvalue weighted by Crippen LogP contribution is -2.51. The number of anilines is 1. The highest BCUT2D eigenvalue weighted by Gasteiger charge is 2.44. The number of fused-ring (bicyclic) bond motifs is 2. The molecule has 2 saturated heterocycles. The molecule has 1 aromatic carbocycles. The molecule has 2 unspecified atom stereocenters. The van der Waals surface area contributed by atoms with E-state index in [4.69, 9.17) is 10.00 Å². The molecule has 0 radical (unpaired) electrons. The van der Waals surface area contributed by atoms with Crippen LogP contribution in [0.5, 0.6) is 0 Å². The predicted octanol–water partition coefficient (Wildman–Crippen LogP) is 4.04. The number of carbonyl (C=O) groups excluding carboxylic acids is 1. The molecule has 1 amide bonds. The third kappa shape index (κ3) is 3.71.